The van der Waals surface area contributed by atoms with Gasteiger partial charge in [-0.3, -0.25) is 0 Å². The van der Waals surface area contributed by atoms with E-state index in [9.17, 15) is 0 Å². The van der Waals surface area contributed by atoms with Crippen molar-refractivity contribution in [2.24, 2.45) is 0 Å². The second-order valence-corrected chi connectivity index (χ2v) is 4.33. The fourth-order valence-electron chi connectivity index (χ4n) is 2.24. The Morgan fingerprint density at radius 3 is 3.14 bits per heavy atom. The molecule has 0 radical (unpaired) electrons. The highest BCUT2D eigenvalue weighted by Gasteiger charge is 2.28. The van der Waals surface area contributed by atoms with Crippen LogP contribution in [0.15, 0.2) is 28.9 Å². The van der Waals surface area contributed by atoms with Gasteiger partial charge in [-0.25, -0.2) is 0 Å². The second kappa shape index (κ2) is 3.82. The maximum Gasteiger partial charge on any atom is 0.110 e. The highest BCUT2D eigenvalue weighted by molar-refractivity contribution is 6.19. The Bertz CT molecular complexity index is 340. The van der Waals surface area contributed by atoms with Gasteiger partial charge in [-0.1, -0.05) is 19.1 Å². The highest BCUT2D eigenvalue weighted by atomic mass is 35.5. The van der Waals surface area contributed by atoms with Crippen LogP contribution in [0.5, 0.6) is 0 Å². The molecule has 0 unspecified atom stereocenters. The number of hydrogen-bond acceptors (Lipinski definition) is 1. The van der Waals surface area contributed by atoms with Crippen molar-refractivity contribution in [3.63, 3.8) is 0 Å². The molecule has 2 rings (SSSR count). The summed E-state index contributed by atoms with van der Waals surface area (Å²) in [6, 6.07) is 2.06. The number of alkyl halides is 1. The molecule has 0 amide bonds. The van der Waals surface area contributed by atoms with Gasteiger partial charge in [-0.15, -0.1) is 11.6 Å². The molecule has 1 aromatic heterocycles. The summed E-state index contributed by atoms with van der Waals surface area (Å²) in [6.07, 6.45) is 4.10. The molecule has 2 atom stereocenters. The Kier molecular flexibility index (Phi) is 2.69. The molecular formula is C12H15ClO. The maximum atomic E-state index is 5.83. The van der Waals surface area contributed by atoms with Gasteiger partial charge in [0, 0.05) is 23.3 Å². The molecular weight excluding hydrogens is 196 g/mol. The highest BCUT2D eigenvalue weighted by Crippen LogP contribution is 2.42. The van der Waals surface area contributed by atoms with Gasteiger partial charge in [0.25, 0.3) is 0 Å². The lowest BCUT2D eigenvalue weighted by molar-refractivity contribution is 0.418. The molecule has 76 valence electrons. The average molecular weight is 211 g/mol. The van der Waals surface area contributed by atoms with E-state index in [1.807, 2.05) is 0 Å². The zero-order chi connectivity index (χ0) is 10.1. The molecule has 14 heavy (non-hydrogen) atoms. The van der Waals surface area contributed by atoms with Crippen molar-refractivity contribution in [2.75, 3.05) is 5.88 Å². The molecule has 0 aromatic carbocycles. The van der Waals surface area contributed by atoms with E-state index in [2.05, 4.69) is 19.6 Å². The minimum absolute atomic E-state index is 0.414. The van der Waals surface area contributed by atoms with E-state index >= 15 is 0 Å². The third-order valence-corrected chi connectivity index (χ3v) is 3.45. The minimum Gasteiger partial charge on any atom is -0.469 e. The summed E-state index contributed by atoms with van der Waals surface area (Å²) < 4.78 is 5.51. The number of furan rings is 1. The van der Waals surface area contributed by atoms with Gasteiger partial charge < -0.3 is 4.42 Å². The van der Waals surface area contributed by atoms with Gasteiger partial charge in [0.15, 0.2) is 0 Å². The lowest BCUT2D eigenvalue weighted by Gasteiger charge is -2.26. The van der Waals surface area contributed by atoms with E-state index in [4.69, 9.17) is 16.0 Å². The van der Waals surface area contributed by atoms with Crippen molar-refractivity contribution < 1.29 is 4.42 Å². The van der Waals surface area contributed by atoms with Crippen LogP contribution in [0.25, 0.3) is 0 Å². The monoisotopic (exact) mass is 210 g/mol. The minimum atomic E-state index is 0.414. The zero-order valence-electron chi connectivity index (χ0n) is 8.42. The van der Waals surface area contributed by atoms with Crippen LogP contribution < -0.4 is 0 Å². The Hall–Kier alpha value is -0.690. The van der Waals surface area contributed by atoms with E-state index in [1.54, 1.807) is 6.26 Å². The van der Waals surface area contributed by atoms with Crippen LogP contribution in [0.3, 0.4) is 0 Å². The van der Waals surface area contributed by atoms with Gasteiger partial charge in [0.05, 0.1) is 6.26 Å². The second-order valence-electron chi connectivity index (χ2n) is 4.06. The van der Waals surface area contributed by atoms with Crippen molar-refractivity contribution in [3.8, 4) is 0 Å². The van der Waals surface area contributed by atoms with Gasteiger partial charge in [-0.05, 0) is 18.9 Å². The lowest BCUT2D eigenvalue weighted by atomic mass is 9.79. The molecule has 1 aromatic rings. The van der Waals surface area contributed by atoms with E-state index in [0.29, 0.717) is 17.7 Å². The summed E-state index contributed by atoms with van der Waals surface area (Å²) in [6.45, 7) is 6.24. The summed E-state index contributed by atoms with van der Waals surface area (Å²) >= 11 is 5.83. The quantitative estimate of drug-likeness (QED) is 0.530. The summed E-state index contributed by atoms with van der Waals surface area (Å²) in [5, 5.41) is 0. The van der Waals surface area contributed by atoms with E-state index < -0.39 is 0 Å². The first-order valence-electron chi connectivity index (χ1n) is 5.05. The molecule has 0 bridgehead atoms. The maximum absolute atomic E-state index is 5.83. The predicted octanol–water partition coefficient (Wildman–Crippen LogP) is 4.06. The molecule has 1 aliphatic carbocycles. The summed E-state index contributed by atoms with van der Waals surface area (Å²) in [5.74, 6) is 2.63. The fraction of sp³-hybridized carbons (Fsp3) is 0.500. The summed E-state index contributed by atoms with van der Waals surface area (Å²) in [4.78, 5) is 0. The van der Waals surface area contributed by atoms with Crippen LogP contribution in [0.4, 0.5) is 0 Å². The van der Waals surface area contributed by atoms with Crippen molar-refractivity contribution in [3.05, 3.63) is 35.8 Å². The van der Waals surface area contributed by atoms with Crippen LogP contribution in [0.2, 0.25) is 0 Å². The molecule has 1 aliphatic rings. The first kappa shape index (κ1) is 9.85. The van der Waals surface area contributed by atoms with E-state index in [0.717, 1.165) is 17.8 Å². The van der Waals surface area contributed by atoms with Gasteiger partial charge in [0.2, 0.25) is 0 Å². The molecule has 0 fully saturated rings. The number of fused-ring (bicyclic) bond motifs is 1. The Morgan fingerprint density at radius 1 is 1.64 bits per heavy atom. The molecule has 0 saturated carbocycles. The zero-order valence-corrected chi connectivity index (χ0v) is 9.18. The van der Waals surface area contributed by atoms with E-state index in [-0.39, 0.29) is 0 Å². The van der Waals surface area contributed by atoms with Crippen LogP contribution in [0.1, 0.15) is 42.9 Å². The SMILES string of the molecule is C=C(CCl)[C@@H]1CC[C@@H](C)c2occc21. The number of rotatable bonds is 2. The Labute approximate surface area is 89.8 Å². The van der Waals surface area contributed by atoms with Gasteiger partial charge in [-0.2, -0.15) is 0 Å². The molecule has 0 spiro atoms. The van der Waals surface area contributed by atoms with Crippen LogP contribution >= 0.6 is 11.6 Å². The third-order valence-electron chi connectivity index (χ3n) is 3.10. The number of allylic oxidation sites excluding steroid dienone is 1. The van der Waals surface area contributed by atoms with E-state index in [1.165, 1.54) is 12.0 Å². The molecule has 0 aliphatic heterocycles. The molecule has 0 saturated heterocycles. The molecule has 1 heterocycles. The van der Waals surface area contributed by atoms with Gasteiger partial charge >= 0.3 is 0 Å². The van der Waals surface area contributed by atoms with Gasteiger partial charge in [0.1, 0.15) is 5.76 Å². The van der Waals surface area contributed by atoms with Crippen molar-refractivity contribution in [2.45, 2.75) is 31.6 Å². The number of hydrogen-bond donors (Lipinski definition) is 0. The third kappa shape index (κ3) is 1.50. The Morgan fingerprint density at radius 2 is 2.43 bits per heavy atom. The lowest BCUT2D eigenvalue weighted by Crippen LogP contribution is -2.12. The summed E-state index contributed by atoms with van der Waals surface area (Å²) in [7, 11) is 0. The normalized spacial score (nSPS) is 25.9. The smallest absolute Gasteiger partial charge is 0.110 e. The topological polar surface area (TPSA) is 13.1 Å². The largest absolute Gasteiger partial charge is 0.469 e. The number of halogens is 1. The predicted molar refractivity (Wildman–Crippen MR) is 59.0 cm³/mol. The molecule has 1 nitrogen and oxygen atoms in total. The van der Waals surface area contributed by atoms with Crippen LogP contribution in [0, 0.1) is 0 Å². The first-order chi connectivity index (χ1) is 6.74. The van der Waals surface area contributed by atoms with Crippen LogP contribution in [-0.4, -0.2) is 5.88 Å². The fourth-order valence-corrected chi connectivity index (χ4v) is 2.43. The average Bonchev–Trinajstić information content (AvgIpc) is 2.67. The summed E-state index contributed by atoms with van der Waals surface area (Å²) in [5.41, 5.74) is 2.41. The van der Waals surface area contributed by atoms with Crippen LogP contribution in [-0.2, 0) is 0 Å². The molecule has 0 N–H and O–H groups in total. The van der Waals surface area contributed by atoms with Crippen molar-refractivity contribution in [1.29, 1.82) is 0 Å². The van der Waals surface area contributed by atoms with Crippen molar-refractivity contribution >= 4 is 11.6 Å². The molecule has 2 heteroatoms. The first-order valence-corrected chi connectivity index (χ1v) is 5.58. The standard InChI is InChI=1S/C12H15ClO/c1-8-3-4-10(9(2)7-13)11-5-6-14-12(8)11/h5-6,8,10H,2-4,7H2,1H3/t8-,10+/m1/s1. The van der Waals surface area contributed by atoms with Crippen molar-refractivity contribution in [1.82, 2.24) is 0 Å². The Balaban J connectivity index is 2.34.